The highest BCUT2D eigenvalue weighted by Gasteiger charge is 2.18. The second-order valence-electron chi connectivity index (χ2n) is 4.31. The molecule has 2 aromatic rings. The third-order valence-electron chi connectivity index (χ3n) is 2.97. The van der Waals surface area contributed by atoms with Gasteiger partial charge in [0.1, 0.15) is 11.6 Å². The molecule has 1 unspecified atom stereocenters. The fourth-order valence-electron chi connectivity index (χ4n) is 1.99. The van der Waals surface area contributed by atoms with Crippen LogP contribution in [-0.4, -0.2) is 0 Å². The van der Waals surface area contributed by atoms with E-state index >= 15 is 0 Å². The molecule has 106 valence electrons. The van der Waals surface area contributed by atoms with Crippen LogP contribution in [0.25, 0.3) is 0 Å². The molecule has 0 aliphatic carbocycles. The molecule has 0 spiro atoms. The molecule has 0 heterocycles. The summed E-state index contributed by atoms with van der Waals surface area (Å²) in [7, 11) is 0. The van der Waals surface area contributed by atoms with Crippen molar-refractivity contribution in [1.29, 1.82) is 0 Å². The van der Waals surface area contributed by atoms with Gasteiger partial charge in [0.25, 0.3) is 0 Å². The monoisotopic (exact) mass is 360 g/mol. The van der Waals surface area contributed by atoms with Crippen molar-refractivity contribution in [2.75, 3.05) is 0 Å². The van der Waals surface area contributed by atoms with Gasteiger partial charge in [0, 0.05) is 10.0 Å². The standard InChI is InChI=1S/C14H12BrClF2N2/c15-9-2-1-3-11(17)14(9)13(20-19)7-8-4-5-10(16)12(18)6-8/h1-6,13,20H,7,19H2. The SMILES string of the molecule is NNC(Cc1ccc(Cl)c(F)c1)c1c(F)cccc1Br. The maximum Gasteiger partial charge on any atom is 0.142 e. The van der Waals surface area contributed by atoms with Crippen molar-refractivity contribution in [2.45, 2.75) is 12.5 Å². The van der Waals surface area contributed by atoms with E-state index in [4.69, 9.17) is 17.4 Å². The van der Waals surface area contributed by atoms with Gasteiger partial charge in [-0.2, -0.15) is 0 Å². The van der Waals surface area contributed by atoms with Crippen molar-refractivity contribution < 1.29 is 8.78 Å². The Balaban J connectivity index is 2.31. The van der Waals surface area contributed by atoms with E-state index in [0.717, 1.165) is 0 Å². The second-order valence-corrected chi connectivity index (χ2v) is 5.57. The first kappa shape index (κ1) is 15.4. The molecular weight excluding hydrogens is 350 g/mol. The number of nitrogens with one attached hydrogen (secondary N) is 1. The maximum atomic E-state index is 13.9. The molecule has 0 aromatic heterocycles. The highest BCUT2D eigenvalue weighted by atomic mass is 79.9. The van der Waals surface area contributed by atoms with Gasteiger partial charge in [-0.3, -0.25) is 11.3 Å². The van der Waals surface area contributed by atoms with Gasteiger partial charge in [0.2, 0.25) is 0 Å². The summed E-state index contributed by atoms with van der Waals surface area (Å²) in [6.45, 7) is 0. The quantitative estimate of drug-likeness (QED) is 0.635. The Morgan fingerprint density at radius 1 is 1.20 bits per heavy atom. The van der Waals surface area contributed by atoms with Crippen LogP contribution in [0, 0.1) is 11.6 Å². The summed E-state index contributed by atoms with van der Waals surface area (Å²) < 4.78 is 27.9. The summed E-state index contributed by atoms with van der Waals surface area (Å²) in [6.07, 6.45) is 0.337. The predicted octanol–water partition coefficient (Wildman–Crippen LogP) is 4.13. The molecular formula is C14H12BrClF2N2. The van der Waals surface area contributed by atoms with E-state index in [1.807, 2.05) is 0 Å². The van der Waals surface area contributed by atoms with Gasteiger partial charge < -0.3 is 0 Å². The van der Waals surface area contributed by atoms with Crippen LogP contribution < -0.4 is 11.3 Å². The molecule has 0 amide bonds. The summed E-state index contributed by atoms with van der Waals surface area (Å²) >= 11 is 8.93. The molecule has 2 aromatic carbocycles. The Hall–Kier alpha value is -1.01. The van der Waals surface area contributed by atoms with Crippen LogP contribution >= 0.6 is 27.5 Å². The smallest absolute Gasteiger partial charge is 0.142 e. The van der Waals surface area contributed by atoms with Gasteiger partial charge >= 0.3 is 0 Å². The lowest BCUT2D eigenvalue weighted by Crippen LogP contribution is -2.30. The van der Waals surface area contributed by atoms with E-state index < -0.39 is 11.9 Å². The van der Waals surface area contributed by atoms with Gasteiger partial charge in [0.05, 0.1) is 11.1 Å². The van der Waals surface area contributed by atoms with Crippen molar-refractivity contribution in [2.24, 2.45) is 5.84 Å². The van der Waals surface area contributed by atoms with Crippen molar-refractivity contribution >= 4 is 27.5 Å². The van der Waals surface area contributed by atoms with Crippen molar-refractivity contribution in [3.05, 3.63) is 68.7 Å². The third-order valence-corrected chi connectivity index (χ3v) is 3.97. The molecule has 2 nitrogen and oxygen atoms in total. The minimum absolute atomic E-state index is 0.0538. The minimum Gasteiger partial charge on any atom is -0.271 e. The van der Waals surface area contributed by atoms with Crippen LogP contribution in [0.1, 0.15) is 17.2 Å². The average Bonchev–Trinajstić information content (AvgIpc) is 2.41. The van der Waals surface area contributed by atoms with E-state index in [0.29, 0.717) is 22.0 Å². The molecule has 0 radical (unpaired) electrons. The van der Waals surface area contributed by atoms with Gasteiger partial charge in [-0.15, -0.1) is 0 Å². The summed E-state index contributed by atoms with van der Waals surface area (Å²) in [6, 6.07) is 8.67. The van der Waals surface area contributed by atoms with Crippen LogP contribution in [0.15, 0.2) is 40.9 Å². The molecule has 0 aliphatic heterocycles. The molecule has 3 N–H and O–H groups in total. The Morgan fingerprint density at radius 2 is 1.95 bits per heavy atom. The Labute approximate surface area is 129 Å². The summed E-state index contributed by atoms with van der Waals surface area (Å²) in [5.41, 5.74) is 3.64. The molecule has 0 fully saturated rings. The van der Waals surface area contributed by atoms with Gasteiger partial charge in [-0.05, 0) is 36.2 Å². The Kier molecular flexibility index (Phi) is 5.10. The number of hydrogen-bond donors (Lipinski definition) is 2. The first-order chi connectivity index (χ1) is 9.52. The number of hydrogen-bond acceptors (Lipinski definition) is 2. The molecule has 20 heavy (non-hydrogen) atoms. The predicted molar refractivity (Wildman–Crippen MR) is 79.3 cm³/mol. The van der Waals surface area contributed by atoms with Gasteiger partial charge in [-0.25, -0.2) is 8.78 Å². The molecule has 0 saturated carbocycles. The zero-order chi connectivity index (χ0) is 14.7. The van der Waals surface area contributed by atoms with Crippen LogP contribution in [0.3, 0.4) is 0 Å². The number of nitrogens with two attached hydrogens (primary N) is 1. The zero-order valence-electron chi connectivity index (χ0n) is 10.3. The molecule has 0 aliphatic rings. The summed E-state index contributed by atoms with van der Waals surface area (Å²) in [4.78, 5) is 0. The zero-order valence-corrected chi connectivity index (χ0v) is 12.7. The number of halogens is 4. The highest BCUT2D eigenvalue weighted by Crippen LogP contribution is 2.29. The second kappa shape index (κ2) is 6.63. The van der Waals surface area contributed by atoms with Crippen LogP contribution in [0.5, 0.6) is 0 Å². The third kappa shape index (κ3) is 3.35. The number of hydrazine groups is 1. The van der Waals surface area contributed by atoms with Crippen molar-refractivity contribution in [1.82, 2.24) is 5.43 Å². The topological polar surface area (TPSA) is 38.0 Å². The van der Waals surface area contributed by atoms with Crippen LogP contribution in [-0.2, 0) is 6.42 Å². The lowest BCUT2D eigenvalue weighted by molar-refractivity contribution is 0.507. The van der Waals surface area contributed by atoms with Gasteiger partial charge in [-0.1, -0.05) is 39.7 Å². The van der Waals surface area contributed by atoms with Crippen molar-refractivity contribution in [3.63, 3.8) is 0 Å². The first-order valence-electron chi connectivity index (χ1n) is 5.87. The Bertz CT molecular complexity index is 602. The molecule has 0 bridgehead atoms. The maximum absolute atomic E-state index is 13.9. The van der Waals surface area contributed by atoms with Gasteiger partial charge in [0.15, 0.2) is 0 Å². The lowest BCUT2D eigenvalue weighted by atomic mass is 9.99. The number of rotatable bonds is 4. The van der Waals surface area contributed by atoms with Crippen LogP contribution in [0.2, 0.25) is 5.02 Å². The summed E-state index contributed by atoms with van der Waals surface area (Å²) in [5.74, 6) is 4.62. The highest BCUT2D eigenvalue weighted by molar-refractivity contribution is 9.10. The van der Waals surface area contributed by atoms with E-state index in [9.17, 15) is 8.78 Å². The largest absolute Gasteiger partial charge is 0.271 e. The van der Waals surface area contributed by atoms with Crippen LogP contribution in [0.4, 0.5) is 8.78 Å². The molecule has 0 saturated heterocycles. The lowest BCUT2D eigenvalue weighted by Gasteiger charge is -2.18. The molecule has 2 rings (SSSR count). The first-order valence-corrected chi connectivity index (χ1v) is 7.04. The molecule has 1 atom stereocenters. The van der Waals surface area contributed by atoms with E-state index in [1.165, 1.54) is 18.2 Å². The van der Waals surface area contributed by atoms with E-state index in [-0.39, 0.29) is 10.8 Å². The fraction of sp³-hybridized carbons (Fsp3) is 0.143. The Morgan fingerprint density at radius 3 is 2.55 bits per heavy atom. The van der Waals surface area contributed by atoms with E-state index in [2.05, 4.69) is 21.4 Å². The number of benzene rings is 2. The normalized spacial score (nSPS) is 12.4. The van der Waals surface area contributed by atoms with Crippen molar-refractivity contribution in [3.8, 4) is 0 Å². The fourth-order valence-corrected chi connectivity index (χ4v) is 2.73. The van der Waals surface area contributed by atoms with E-state index in [1.54, 1.807) is 18.2 Å². The minimum atomic E-state index is -0.507. The summed E-state index contributed by atoms with van der Waals surface area (Å²) in [5, 5.41) is 0.0538. The average molecular weight is 362 g/mol. The molecule has 6 heteroatoms.